The fraction of sp³-hybridized carbons (Fsp3) is 0.471. The van der Waals surface area contributed by atoms with E-state index >= 15 is 0 Å². The van der Waals surface area contributed by atoms with Crippen LogP contribution in [0.25, 0.3) is 0 Å². The van der Waals surface area contributed by atoms with E-state index in [-0.39, 0.29) is 29.2 Å². The van der Waals surface area contributed by atoms with Crippen molar-refractivity contribution in [3.05, 3.63) is 23.8 Å². The number of hydrogen-bond acceptors (Lipinski definition) is 7. The third kappa shape index (κ3) is 4.20. The molecular formula is C17H19N3O5S2. The number of amidine groups is 1. The van der Waals surface area contributed by atoms with E-state index in [0.717, 1.165) is 5.56 Å². The maximum absolute atomic E-state index is 12.0. The van der Waals surface area contributed by atoms with Crippen LogP contribution in [0.3, 0.4) is 0 Å². The second kappa shape index (κ2) is 7.78. The highest BCUT2D eigenvalue weighted by atomic mass is 32.2. The van der Waals surface area contributed by atoms with Crippen LogP contribution in [0.5, 0.6) is 11.5 Å². The summed E-state index contributed by atoms with van der Waals surface area (Å²) in [4.78, 5) is 17.7. The minimum absolute atomic E-state index is 0.0312. The molecule has 2 atom stereocenters. The number of carbonyl (C=O) groups is 1. The molecule has 1 aromatic carbocycles. The van der Waals surface area contributed by atoms with Crippen LogP contribution < -0.4 is 9.47 Å². The Balaban J connectivity index is 1.90. The maximum atomic E-state index is 12.0. The van der Waals surface area contributed by atoms with Gasteiger partial charge in [0.05, 0.1) is 37.8 Å². The van der Waals surface area contributed by atoms with Gasteiger partial charge in [0.2, 0.25) is 0 Å². The van der Waals surface area contributed by atoms with Gasteiger partial charge in [0.1, 0.15) is 6.42 Å². The highest BCUT2D eigenvalue weighted by Gasteiger charge is 2.48. The van der Waals surface area contributed by atoms with Gasteiger partial charge in [-0.05, 0) is 17.7 Å². The Morgan fingerprint density at radius 2 is 2.07 bits per heavy atom. The van der Waals surface area contributed by atoms with Gasteiger partial charge >= 0.3 is 0 Å². The lowest BCUT2D eigenvalue weighted by Crippen LogP contribution is -2.37. The molecule has 8 nitrogen and oxygen atoms in total. The molecule has 3 rings (SSSR count). The van der Waals surface area contributed by atoms with E-state index in [1.807, 2.05) is 17.0 Å². The first-order valence-corrected chi connectivity index (χ1v) is 10.9. The number of fused-ring (bicyclic) bond motifs is 1. The fourth-order valence-electron chi connectivity index (χ4n) is 3.21. The summed E-state index contributed by atoms with van der Waals surface area (Å²) >= 11 is 1.29. The van der Waals surface area contributed by atoms with E-state index in [1.54, 1.807) is 26.4 Å². The number of thioether (sulfide) groups is 1. The molecule has 0 aliphatic carbocycles. The number of methoxy groups -OCH3 is 2. The van der Waals surface area contributed by atoms with Crippen LogP contribution >= 0.6 is 11.8 Å². The predicted octanol–water partition coefficient (Wildman–Crippen LogP) is 1.21. The zero-order chi connectivity index (χ0) is 19.6. The van der Waals surface area contributed by atoms with Crippen molar-refractivity contribution in [2.45, 2.75) is 24.3 Å². The van der Waals surface area contributed by atoms with Crippen molar-refractivity contribution in [3.8, 4) is 17.6 Å². The van der Waals surface area contributed by atoms with E-state index in [0.29, 0.717) is 23.2 Å². The number of nitrogens with zero attached hydrogens (tertiary/aromatic N) is 3. The number of nitriles is 1. The molecular weight excluding hydrogens is 390 g/mol. The van der Waals surface area contributed by atoms with Gasteiger partial charge in [-0.2, -0.15) is 10.3 Å². The van der Waals surface area contributed by atoms with Gasteiger partial charge in [0.25, 0.3) is 5.91 Å². The third-order valence-electron chi connectivity index (χ3n) is 4.43. The van der Waals surface area contributed by atoms with Crippen LogP contribution in [0.2, 0.25) is 0 Å². The molecule has 10 heteroatoms. The Morgan fingerprint density at radius 1 is 1.33 bits per heavy atom. The van der Waals surface area contributed by atoms with Gasteiger partial charge in [-0.3, -0.25) is 4.79 Å². The van der Waals surface area contributed by atoms with Gasteiger partial charge in [-0.25, -0.2) is 8.42 Å². The van der Waals surface area contributed by atoms with Crippen LogP contribution in [0.4, 0.5) is 0 Å². The largest absolute Gasteiger partial charge is 0.493 e. The first-order valence-electron chi connectivity index (χ1n) is 8.20. The number of hydrogen-bond donors (Lipinski definition) is 0. The standard InChI is InChI=1S/C17H19N3O5S2/c1-24-13-4-3-11(7-14(13)25-2)8-20-12-9-27(22,23)10-15(12)26-17(20)19-16(21)5-6-18/h3-4,7,12,15H,5,8-10H2,1-2H3. The van der Waals surface area contributed by atoms with Crippen molar-refractivity contribution in [1.82, 2.24) is 4.90 Å². The second-order valence-electron chi connectivity index (χ2n) is 6.24. The summed E-state index contributed by atoms with van der Waals surface area (Å²) in [7, 11) is -0.0240. The van der Waals surface area contributed by atoms with Gasteiger partial charge in [-0.15, -0.1) is 0 Å². The average molecular weight is 409 g/mol. The molecule has 2 aliphatic rings. The molecule has 2 aliphatic heterocycles. The quantitative estimate of drug-likeness (QED) is 0.714. The SMILES string of the molecule is COc1ccc(CN2C(=NC(=O)CC#N)SC3CS(=O)(=O)CC32)cc1OC. The van der Waals surface area contributed by atoms with Gasteiger partial charge < -0.3 is 14.4 Å². The lowest BCUT2D eigenvalue weighted by atomic mass is 10.1. The topological polar surface area (TPSA) is 109 Å². The lowest BCUT2D eigenvalue weighted by molar-refractivity contribution is -0.116. The minimum Gasteiger partial charge on any atom is -0.493 e. The Bertz CT molecular complexity index is 923. The van der Waals surface area contributed by atoms with Crippen molar-refractivity contribution >= 4 is 32.7 Å². The highest BCUT2D eigenvalue weighted by molar-refractivity contribution is 8.15. The van der Waals surface area contributed by atoms with Gasteiger partial charge in [0.15, 0.2) is 26.5 Å². The van der Waals surface area contributed by atoms with Crippen LogP contribution in [0.15, 0.2) is 23.2 Å². The van der Waals surface area contributed by atoms with E-state index in [2.05, 4.69) is 4.99 Å². The van der Waals surface area contributed by atoms with E-state index in [1.165, 1.54) is 11.8 Å². The summed E-state index contributed by atoms with van der Waals surface area (Å²) in [5.74, 6) is 0.729. The minimum atomic E-state index is -3.12. The molecule has 0 radical (unpaired) electrons. The number of sulfone groups is 1. The second-order valence-corrected chi connectivity index (χ2v) is 9.60. The van der Waals surface area contributed by atoms with Crippen molar-refractivity contribution in [2.24, 2.45) is 4.99 Å². The monoisotopic (exact) mass is 409 g/mol. The first kappa shape index (κ1) is 19.5. The molecule has 2 heterocycles. The lowest BCUT2D eigenvalue weighted by Gasteiger charge is -2.24. The smallest absolute Gasteiger partial charge is 0.262 e. The molecule has 0 spiro atoms. The third-order valence-corrected chi connectivity index (χ3v) is 7.67. The molecule has 1 amide bonds. The molecule has 0 saturated carbocycles. The molecule has 2 unspecified atom stereocenters. The van der Waals surface area contributed by atoms with E-state index in [9.17, 15) is 13.2 Å². The Morgan fingerprint density at radius 3 is 2.74 bits per heavy atom. The number of benzene rings is 1. The normalized spacial score (nSPS) is 24.5. The van der Waals surface area contributed by atoms with Crippen LogP contribution in [-0.4, -0.2) is 61.4 Å². The number of amides is 1. The van der Waals surface area contributed by atoms with Crippen LogP contribution in [0, 0.1) is 11.3 Å². The van der Waals surface area contributed by atoms with Crippen molar-refractivity contribution in [3.63, 3.8) is 0 Å². The molecule has 1 aromatic rings. The molecule has 2 saturated heterocycles. The zero-order valence-corrected chi connectivity index (χ0v) is 16.5. The van der Waals surface area contributed by atoms with Crippen LogP contribution in [0.1, 0.15) is 12.0 Å². The van der Waals surface area contributed by atoms with Gasteiger partial charge in [0, 0.05) is 11.8 Å². The van der Waals surface area contributed by atoms with E-state index < -0.39 is 15.7 Å². The molecule has 2 fully saturated rings. The predicted molar refractivity (Wildman–Crippen MR) is 102 cm³/mol. The number of rotatable bonds is 5. The van der Waals surface area contributed by atoms with Gasteiger partial charge in [-0.1, -0.05) is 17.8 Å². The fourth-order valence-corrected chi connectivity index (χ4v) is 7.18. The summed E-state index contributed by atoms with van der Waals surface area (Å²) in [5.41, 5.74) is 0.874. The zero-order valence-electron chi connectivity index (χ0n) is 14.9. The maximum Gasteiger partial charge on any atom is 0.262 e. The number of aliphatic imine (C=N–C) groups is 1. The number of ether oxygens (including phenoxy) is 2. The summed E-state index contributed by atoms with van der Waals surface area (Å²) in [6.45, 7) is 0.378. The highest BCUT2D eigenvalue weighted by Crippen LogP contribution is 2.39. The van der Waals surface area contributed by atoms with Crippen molar-refractivity contribution < 1.29 is 22.7 Å². The summed E-state index contributed by atoms with van der Waals surface area (Å²) in [6.07, 6.45) is -0.304. The Labute approximate surface area is 162 Å². The first-order chi connectivity index (χ1) is 12.9. The summed E-state index contributed by atoms with van der Waals surface area (Å²) in [5, 5.41) is 8.99. The Hall–Kier alpha value is -2.25. The van der Waals surface area contributed by atoms with Crippen molar-refractivity contribution in [2.75, 3.05) is 25.7 Å². The average Bonchev–Trinajstić information content (AvgIpc) is 3.07. The summed E-state index contributed by atoms with van der Waals surface area (Å²) < 4.78 is 34.6. The molecule has 0 aromatic heterocycles. The molecule has 0 bridgehead atoms. The Kier molecular flexibility index (Phi) is 5.62. The van der Waals surface area contributed by atoms with E-state index in [4.69, 9.17) is 14.7 Å². The molecule has 0 N–H and O–H groups in total. The molecule has 144 valence electrons. The summed E-state index contributed by atoms with van der Waals surface area (Å²) in [6, 6.07) is 6.99. The van der Waals surface area contributed by atoms with Crippen molar-refractivity contribution in [1.29, 1.82) is 5.26 Å². The number of carbonyl (C=O) groups excluding carboxylic acids is 1. The molecule has 27 heavy (non-hydrogen) atoms. The van der Waals surface area contributed by atoms with Crippen LogP contribution in [-0.2, 0) is 21.2 Å².